The van der Waals surface area contributed by atoms with Gasteiger partial charge in [0.25, 0.3) is 0 Å². The van der Waals surface area contributed by atoms with Gasteiger partial charge in [-0.15, -0.1) is 0 Å². The molecule has 0 aromatic heterocycles. The second-order valence-electron chi connectivity index (χ2n) is 10.2. The molecule has 2 unspecified atom stereocenters. The number of ether oxygens (including phenoxy) is 2. The maximum atomic E-state index is 13.7. The number of aromatic hydroxyl groups is 2. The van der Waals surface area contributed by atoms with Crippen LogP contribution < -0.4 is 10.5 Å². The maximum Gasteiger partial charge on any atom is 0.202 e. The van der Waals surface area contributed by atoms with Crippen LogP contribution in [-0.2, 0) is 16.0 Å². The number of Topliss-reactive ketones (excluding diaryl/α,β-unsaturated/α-hetero) is 1. The summed E-state index contributed by atoms with van der Waals surface area (Å²) in [5.41, 5.74) is 3.53. The summed E-state index contributed by atoms with van der Waals surface area (Å²) in [6, 6.07) is 3.80. The van der Waals surface area contributed by atoms with Crippen molar-refractivity contribution in [1.29, 1.82) is 0 Å². The molecule has 1 saturated heterocycles. The summed E-state index contributed by atoms with van der Waals surface area (Å²) in [4.78, 5) is 39.7. The SMILES string of the molecule is COc1cccc2c1C(=O)c1c(O)c3c(c(O)c1C2=O)C[C@@](O)(C(C)=O)C[C@@H]3[C@@H]1CC(N)C(O)[C@H](C)O1. The van der Waals surface area contributed by atoms with Crippen LogP contribution in [0.4, 0.5) is 0 Å². The number of ketones is 3. The van der Waals surface area contributed by atoms with Crippen LogP contribution in [0.5, 0.6) is 17.2 Å². The summed E-state index contributed by atoms with van der Waals surface area (Å²) in [6.07, 6.45) is -2.81. The van der Waals surface area contributed by atoms with Gasteiger partial charge in [0.1, 0.15) is 22.8 Å². The molecule has 1 aliphatic heterocycles. The van der Waals surface area contributed by atoms with Crippen LogP contribution in [0.2, 0.25) is 0 Å². The Hall–Kier alpha value is -3.31. The maximum absolute atomic E-state index is 13.7. The first-order chi connectivity index (χ1) is 17.4. The van der Waals surface area contributed by atoms with Gasteiger partial charge in [0.2, 0.25) is 5.78 Å². The number of hydrogen-bond donors (Lipinski definition) is 5. The molecular formula is C27H29NO9. The number of methoxy groups -OCH3 is 1. The van der Waals surface area contributed by atoms with Crippen molar-refractivity contribution in [3.63, 3.8) is 0 Å². The van der Waals surface area contributed by atoms with Gasteiger partial charge < -0.3 is 35.6 Å². The van der Waals surface area contributed by atoms with E-state index in [1.54, 1.807) is 6.92 Å². The van der Waals surface area contributed by atoms with Gasteiger partial charge in [-0.25, -0.2) is 0 Å². The lowest BCUT2D eigenvalue weighted by molar-refractivity contribution is -0.146. The van der Waals surface area contributed by atoms with Gasteiger partial charge in [0.15, 0.2) is 11.6 Å². The highest BCUT2D eigenvalue weighted by atomic mass is 16.5. The lowest BCUT2D eigenvalue weighted by atomic mass is 9.66. The largest absolute Gasteiger partial charge is 0.507 e. The first-order valence-corrected chi connectivity index (χ1v) is 12.1. The number of fused-ring (bicyclic) bond motifs is 3. The average molecular weight is 512 g/mol. The number of benzene rings is 2. The quantitative estimate of drug-likeness (QED) is 0.320. The summed E-state index contributed by atoms with van der Waals surface area (Å²) in [5, 5.41) is 44.5. The van der Waals surface area contributed by atoms with Gasteiger partial charge in [-0.05, 0) is 32.8 Å². The van der Waals surface area contributed by atoms with Gasteiger partial charge in [-0.3, -0.25) is 14.4 Å². The summed E-state index contributed by atoms with van der Waals surface area (Å²) in [6.45, 7) is 2.85. The minimum absolute atomic E-state index is 0.00471. The Labute approximate surface area is 212 Å². The Morgan fingerprint density at radius 1 is 1.14 bits per heavy atom. The van der Waals surface area contributed by atoms with E-state index < -0.39 is 70.3 Å². The molecule has 5 rings (SSSR count). The second-order valence-corrected chi connectivity index (χ2v) is 10.2. The first-order valence-electron chi connectivity index (χ1n) is 12.1. The summed E-state index contributed by atoms with van der Waals surface area (Å²) < 4.78 is 11.3. The molecule has 0 radical (unpaired) electrons. The molecule has 196 valence electrons. The fraction of sp³-hybridized carbons (Fsp3) is 0.444. The number of rotatable bonds is 3. The number of carbonyl (C=O) groups excluding carboxylic acids is 3. The molecule has 2 aromatic carbocycles. The van der Waals surface area contributed by atoms with Gasteiger partial charge in [-0.1, -0.05) is 12.1 Å². The number of phenolic OH excluding ortho intramolecular Hbond substituents is 2. The molecule has 2 aliphatic carbocycles. The molecule has 0 bridgehead atoms. The predicted octanol–water partition coefficient (Wildman–Crippen LogP) is 1.10. The number of phenols is 2. The summed E-state index contributed by atoms with van der Waals surface area (Å²) in [5.74, 6) is -3.79. The molecule has 0 spiro atoms. The van der Waals surface area contributed by atoms with Crippen LogP contribution in [0.15, 0.2) is 18.2 Å². The summed E-state index contributed by atoms with van der Waals surface area (Å²) in [7, 11) is 1.35. The number of aliphatic hydroxyl groups is 2. The van der Waals surface area contributed by atoms with Gasteiger partial charge in [0, 0.05) is 35.1 Å². The van der Waals surface area contributed by atoms with Crippen molar-refractivity contribution < 1.29 is 44.3 Å². The molecule has 0 amide bonds. The third-order valence-electron chi connectivity index (χ3n) is 8.08. The predicted molar refractivity (Wildman–Crippen MR) is 129 cm³/mol. The van der Waals surface area contributed by atoms with Gasteiger partial charge >= 0.3 is 0 Å². The van der Waals surface area contributed by atoms with E-state index in [0.29, 0.717) is 0 Å². The van der Waals surface area contributed by atoms with E-state index in [-0.39, 0.29) is 52.8 Å². The lowest BCUT2D eigenvalue weighted by Gasteiger charge is -2.45. The highest BCUT2D eigenvalue weighted by molar-refractivity contribution is 6.31. The smallest absolute Gasteiger partial charge is 0.202 e. The van der Waals surface area contributed by atoms with Crippen molar-refractivity contribution in [2.24, 2.45) is 5.73 Å². The average Bonchev–Trinajstić information content (AvgIpc) is 2.86. The molecular weight excluding hydrogens is 482 g/mol. The molecule has 3 aliphatic rings. The van der Waals surface area contributed by atoms with Gasteiger partial charge in [0.05, 0.1) is 42.1 Å². The molecule has 2 aromatic rings. The number of aliphatic hydroxyl groups excluding tert-OH is 1. The molecule has 6 atom stereocenters. The molecule has 1 fully saturated rings. The van der Waals surface area contributed by atoms with Gasteiger partial charge in [-0.2, -0.15) is 0 Å². The zero-order valence-electron chi connectivity index (χ0n) is 20.6. The highest BCUT2D eigenvalue weighted by Crippen LogP contribution is 2.53. The Kier molecular flexibility index (Phi) is 5.91. The van der Waals surface area contributed by atoms with E-state index in [1.807, 2.05) is 0 Å². The standard InChI is InChI=1S/C27H29NO9/c1-10-22(30)15(28)7-17(37-10)13-8-27(35,11(2)29)9-14-18(13)25(33)21-20(24(14)32)23(31)12-5-4-6-16(36-3)19(12)26(21)34/h4-6,10,13,15,17,22,30,32-33,35H,7-9,28H2,1-3H3/t10-,13+,15?,17-,22?,27+/m0/s1. The first kappa shape index (κ1) is 25.3. The van der Waals surface area contributed by atoms with Crippen molar-refractivity contribution in [1.82, 2.24) is 0 Å². The van der Waals surface area contributed by atoms with E-state index >= 15 is 0 Å². The zero-order chi connectivity index (χ0) is 27.0. The van der Waals surface area contributed by atoms with Crippen LogP contribution in [0, 0.1) is 0 Å². The fourth-order valence-corrected chi connectivity index (χ4v) is 6.04. The summed E-state index contributed by atoms with van der Waals surface area (Å²) >= 11 is 0. The topological polar surface area (TPSA) is 177 Å². The van der Waals surface area contributed by atoms with E-state index in [0.717, 1.165) is 0 Å². The van der Waals surface area contributed by atoms with Crippen molar-refractivity contribution in [3.8, 4) is 17.2 Å². The van der Waals surface area contributed by atoms with Crippen LogP contribution in [0.25, 0.3) is 0 Å². The van der Waals surface area contributed by atoms with E-state index in [1.165, 1.54) is 32.2 Å². The molecule has 6 N–H and O–H groups in total. The number of nitrogens with two attached hydrogens (primary N) is 1. The molecule has 37 heavy (non-hydrogen) atoms. The monoisotopic (exact) mass is 511 g/mol. The van der Waals surface area contributed by atoms with Crippen molar-refractivity contribution in [2.45, 2.75) is 69.0 Å². The zero-order valence-corrected chi connectivity index (χ0v) is 20.6. The van der Waals surface area contributed by atoms with Crippen molar-refractivity contribution in [2.75, 3.05) is 7.11 Å². The third-order valence-corrected chi connectivity index (χ3v) is 8.08. The van der Waals surface area contributed by atoms with Crippen LogP contribution in [-0.4, -0.2) is 74.8 Å². The molecule has 10 nitrogen and oxygen atoms in total. The highest BCUT2D eigenvalue weighted by Gasteiger charge is 2.51. The second kappa shape index (κ2) is 8.63. The molecule has 10 heteroatoms. The van der Waals surface area contributed by atoms with E-state index in [2.05, 4.69) is 0 Å². The van der Waals surface area contributed by atoms with E-state index in [9.17, 15) is 34.8 Å². The van der Waals surface area contributed by atoms with Crippen LogP contribution >= 0.6 is 0 Å². The lowest BCUT2D eigenvalue weighted by Crippen LogP contribution is -2.54. The minimum atomic E-state index is -1.93. The van der Waals surface area contributed by atoms with Crippen molar-refractivity contribution in [3.05, 3.63) is 51.6 Å². The van der Waals surface area contributed by atoms with Crippen molar-refractivity contribution >= 4 is 17.3 Å². The minimum Gasteiger partial charge on any atom is -0.507 e. The third kappa shape index (κ3) is 3.58. The molecule has 0 saturated carbocycles. The fourth-order valence-electron chi connectivity index (χ4n) is 6.04. The number of carbonyl (C=O) groups is 3. The Bertz CT molecular complexity index is 1340. The Morgan fingerprint density at radius 3 is 2.43 bits per heavy atom. The van der Waals surface area contributed by atoms with Crippen LogP contribution in [0.1, 0.15) is 75.6 Å². The Balaban J connectivity index is 1.76. The Morgan fingerprint density at radius 2 is 1.81 bits per heavy atom. The normalized spacial score (nSPS) is 30.8. The number of hydrogen-bond acceptors (Lipinski definition) is 10. The van der Waals surface area contributed by atoms with Crippen LogP contribution in [0.3, 0.4) is 0 Å². The molecule has 1 heterocycles. The van der Waals surface area contributed by atoms with E-state index in [4.69, 9.17) is 15.2 Å².